The first-order chi connectivity index (χ1) is 6.50. The van der Waals surface area contributed by atoms with E-state index in [9.17, 15) is 9.59 Å². The van der Waals surface area contributed by atoms with Gasteiger partial charge in [-0.25, -0.2) is 0 Å². The number of carbonyl (C=O) groups excluding carboxylic acids is 1. The highest BCUT2D eigenvalue weighted by atomic mass is 79.9. The molecule has 0 aromatic carbocycles. The molecule has 76 valence electrons. The fourth-order valence-corrected chi connectivity index (χ4v) is 1.14. The first-order valence-corrected chi connectivity index (χ1v) is 4.74. The van der Waals surface area contributed by atoms with Gasteiger partial charge in [0.15, 0.2) is 0 Å². The third-order valence-corrected chi connectivity index (χ3v) is 2.00. The van der Waals surface area contributed by atoms with Crippen LogP contribution in [0.25, 0.3) is 0 Å². The van der Waals surface area contributed by atoms with Gasteiger partial charge in [-0.1, -0.05) is 0 Å². The summed E-state index contributed by atoms with van der Waals surface area (Å²) in [6, 6.07) is 0.868. The second-order valence-electron chi connectivity index (χ2n) is 2.84. The fourth-order valence-electron chi connectivity index (χ4n) is 0.797. The average molecular weight is 260 g/mol. The summed E-state index contributed by atoms with van der Waals surface area (Å²) in [4.78, 5) is 24.8. The summed E-state index contributed by atoms with van der Waals surface area (Å²) < 4.78 is 0.678. The van der Waals surface area contributed by atoms with Crippen molar-refractivity contribution in [1.82, 2.24) is 4.98 Å². The van der Waals surface area contributed by atoms with Gasteiger partial charge in [0.05, 0.1) is 6.04 Å². The standard InChI is InChI=1S/C8H10BrN3O2/c1-4(10)7(13)12-6-2-5(9)3-11-8(6)14/h2-4H,10H2,1H3,(H,11,14)(H,12,13)/t4-/m1/s1. The van der Waals surface area contributed by atoms with Gasteiger partial charge >= 0.3 is 0 Å². The van der Waals surface area contributed by atoms with E-state index in [4.69, 9.17) is 5.73 Å². The van der Waals surface area contributed by atoms with E-state index in [1.807, 2.05) is 0 Å². The molecule has 0 aliphatic carbocycles. The third-order valence-electron chi connectivity index (χ3n) is 1.54. The molecule has 1 rings (SSSR count). The van der Waals surface area contributed by atoms with Gasteiger partial charge in [-0.2, -0.15) is 0 Å². The van der Waals surface area contributed by atoms with Crippen LogP contribution in [0.1, 0.15) is 6.92 Å². The second kappa shape index (κ2) is 4.39. The number of hydrogen-bond donors (Lipinski definition) is 3. The molecule has 1 aromatic rings. The molecule has 4 N–H and O–H groups in total. The van der Waals surface area contributed by atoms with Crippen molar-refractivity contribution in [1.29, 1.82) is 0 Å². The van der Waals surface area contributed by atoms with Gasteiger partial charge < -0.3 is 16.0 Å². The van der Waals surface area contributed by atoms with Gasteiger partial charge in [-0.05, 0) is 28.9 Å². The zero-order chi connectivity index (χ0) is 10.7. The smallest absolute Gasteiger partial charge is 0.271 e. The number of nitrogens with two attached hydrogens (primary N) is 1. The average Bonchev–Trinajstić information content (AvgIpc) is 2.11. The highest BCUT2D eigenvalue weighted by Crippen LogP contribution is 2.09. The Hall–Kier alpha value is -1.14. The number of aromatic amines is 1. The number of carbonyl (C=O) groups is 1. The first kappa shape index (κ1) is 10.9. The van der Waals surface area contributed by atoms with E-state index in [1.165, 1.54) is 12.3 Å². The summed E-state index contributed by atoms with van der Waals surface area (Å²) in [6.45, 7) is 1.54. The van der Waals surface area contributed by atoms with Crippen LogP contribution in [0.2, 0.25) is 0 Å². The quantitative estimate of drug-likeness (QED) is 0.720. The Morgan fingerprint density at radius 3 is 2.93 bits per heavy atom. The van der Waals surface area contributed by atoms with Crippen LogP contribution in [0.15, 0.2) is 21.5 Å². The molecule has 6 heteroatoms. The molecule has 0 saturated heterocycles. The topological polar surface area (TPSA) is 88.0 Å². The number of aromatic nitrogens is 1. The molecular weight excluding hydrogens is 250 g/mol. The van der Waals surface area contributed by atoms with Crippen molar-refractivity contribution in [3.05, 3.63) is 27.1 Å². The number of anilines is 1. The predicted molar refractivity (Wildman–Crippen MR) is 57.0 cm³/mol. The van der Waals surface area contributed by atoms with E-state index in [2.05, 4.69) is 26.2 Å². The molecule has 1 aromatic heterocycles. The Balaban J connectivity index is 2.92. The summed E-state index contributed by atoms with van der Waals surface area (Å²) in [7, 11) is 0. The zero-order valence-electron chi connectivity index (χ0n) is 7.50. The van der Waals surface area contributed by atoms with Crippen molar-refractivity contribution in [2.24, 2.45) is 5.73 Å². The van der Waals surface area contributed by atoms with Crippen molar-refractivity contribution in [3.63, 3.8) is 0 Å². The maximum absolute atomic E-state index is 11.2. The highest BCUT2D eigenvalue weighted by molar-refractivity contribution is 9.10. The van der Waals surface area contributed by atoms with E-state index in [0.29, 0.717) is 4.47 Å². The summed E-state index contributed by atoms with van der Waals surface area (Å²) in [6.07, 6.45) is 1.49. The number of hydrogen-bond acceptors (Lipinski definition) is 3. The Labute approximate surface area is 88.8 Å². The number of pyridine rings is 1. The van der Waals surface area contributed by atoms with Gasteiger partial charge in [0.1, 0.15) is 5.69 Å². The minimum Gasteiger partial charge on any atom is -0.326 e. The molecule has 1 atom stereocenters. The molecule has 0 aliphatic rings. The van der Waals surface area contributed by atoms with Crippen LogP contribution < -0.4 is 16.6 Å². The molecule has 1 heterocycles. The molecule has 0 unspecified atom stereocenters. The lowest BCUT2D eigenvalue weighted by Crippen LogP contribution is -2.34. The monoisotopic (exact) mass is 259 g/mol. The van der Waals surface area contributed by atoms with E-state index in [-0.39, 0.29) is 11.2 Å². The van der Waals surface area contributed by atoms with E-state index in [1.54, 1.807) is 6.92 Å². The molecule has 0 spiro atoms. The number of rotatable bonds is 2. The minimum absolute atomic E-state index is 0.182. The van der Waals surface area contributed by atoms with Crippen LogP contribution in [-0.4, -0.2) is 16.9 Å². The number of amides is 1. The van der Waals surface area contributed by atoms with Gasteiger partial charge in [0.2, 0.25) is 5.91 Å². The lowest BCUT2D eigenvalue weighted by Gasteiger charge is -2.06. The molecule has 0 saturated carbocycles. The molecular formula is C8H10BrN3O2. The molecule has 0 fully saturated rings. The van der Waals surface area contributed by atoms with Crippen molar-refractivity contribution in [2.45, 2.75) is 13.0 Å². The largest absolute Gasteiger partial charge is 0.326 e. The number of halogens is 1. The van der Waals surface area contributed by atoms with Gasteiger partial charge in [-0.3, -0.25) is 9.59 Å². The Kier molecular flexibility index (Phi) is 3.43. The fraction of sp³-hybridized carbons (Fsp3) is 0.250. The first-order valence-electron chi connectivity index (χ1n) is 3.95. The van der Waals surface area contributed by atoms with Crippen molar-refractivity contribution < 1.29 is 4.79 Å². The van der Waals surface area contributed by atoms with Crippen molar-refractivity contribution in [2.75, 3.05) is 5.32 Å². The van der Waals surface area contributed by atoms with E-state index >= 15 is 0 Å². The summed E-state index contributed by atoms with van der Waals surface area (Å²) >= 11 is 3.17. The summed E-state index contributed by atoms with van der Waals surface area (Å²) in [5.74, 6) is -0.395. The molecule has 1 amide bonds. The SMILES string of the molecule is C[C@@H](N)C(=O)Nc1cc(Br)c[nH]c1=O. The lowest BCUT2D eigenvalue weighted by atomic mass is 10.3. The van der Waals surface area contributed by atoms with E-state index in [0.717, 1.165) is 0 Å². The molecule has 0 bridgehead atoms. The van der Waals surface area contributed by atoms with Crippen LogP contribution in [-0.2, 0) is 4.79 Å². The van der Waals surface area contributed by atoms with Gasteiger partial charge in [0, 0.05) is 10.7 Å². The maximum Gasteiger partial charge on any atom is 0.271 e. The normalized spacial score (nSPS) is 12.2. The Morgan fingerprint density at radius 1 is 1.71 bits per heavy atom. The Morgan fingerprint density at radius 2 is 2.36 bits per heavy atom. The van der Waals surface area contributed by atoms with Crippen LogP contribution in [0.5, 0.6) is 0 Å². The molecule has 0 radical (unpaired) electrons. The van der Waals surface area contributed by atoms with Crippen LogP contribution in [0.4, 0.5) is 5.69 Å². The van der Waals surface area contributed by atoms with Gasteiger partial charge in [0.25, 0.3) is 5.56 Å². The molecule has 14 heavy (non-hydrogen) atoms. The summed E-state index contributed by atoms with van der Waals surface area (Å²) in [5, 5.41) is 2.41. The van der Waals surface area contributed by atoms with Crippen LogP contribution in [0, 0.1) is 0 Å². The van der Waals surface area contributed by atoms with Gasteiger partial charge in [-0.15, -0.1) is 0 Å². The van der Waals surface area contributed by atoms with E-state index < -0.39 is 11.9 Å². The zero-order valence-corrected chi connectivity index (χ0v) is 9.09. The third kappa shape index (κ3) is 2.68. The maximum atomic E-state index is 11.2. The van der Waals surface area contributed by atoms with Crippen LogP contribution >= 0.6 is 15.9 Å². The van der Waals surface area contributed by atoms with Crippen molar-refractivity contribution >= 4 is 27.5 Å². The number of nitrogens with one attached hydrogen (secondary N) is 2. The predicted octanol–water partition coefficient (Wildman–Crippen LogP) is 0.423. The molecule has 5 nitrogen and oxygen atoms in total. The molecule has 0 aliphatic heterocycles. The van der Waals surface area contributed by atoms with Crippen molar-refractivity contribution in [3.8, 4) is 0 Å². The minimum atomic E-state index is -0.645. The second-order valence-corrected chi connectivity index (χ2v) is 3.75. The Bertz CT molecular complexity index is 400. The lowest BCUT2D eigenvalue weighted by molar-refractivity contribution is -0.117. The highest BCUT2D eigenvalue weighted by Gasteiger charge is 2.09. The summed E-state index contributed by atoms with van der Waals surface area (Å²) in [5.41, 5.74) is 5.16. The number of H-pyrrole nitrogens is 1. The van der Waals surface area contributed by atoms with Crippen LogP contribution in [0.3, 0.4) is 0 Å².